The number of aryl methyl sites for hydroxylation is 1. The Labute approximate surface area is 160 Å². The van der Waals surface area contributed by atoms with Crippen molar-refractivity contribution in [1.82, 2.24) is 0 Å². The van der Waals surface area contributed by atoms with Crippen molar-refractivity contribution in [2.75, 3.05) is 4.90 Å². The van der Waals surface area contributed by atoms with Gasteiger partial charge in [0.05, 0.1) is 16.8 Å². The number of aromatic hydroxyl groups is 1. The van der Waals surface area contributed by atoms with Crippen molar-refractivity contribution in [1.29, 1.82) is 0 Å². The van der Waals surface area contributed by atoms with Crippen LogP contribution in [0.25, 0.3) is 0 Å². The molecule has 0 unspecified atom stereocenters. The summed E-state index contributed by atoms with van der Waals surface area (Å²) in [6.45, 7) is 1.67. The molecule has 3 aromatic carbocycles. The van der Waals surface area contributed by atoms with E-state index in [0.717, 1.165) is 4.90 Å². The molecular formula is C22H15NO5. The van der Waals surface area contributed by atoms with Crippen LogP contribution < -0.4 is 9.64 Å². The number of para-hydroxylation sites is 3. The number of hydrogen-bond donors (Lipinski definition) is 1. The number of phenols is 1. The smallest absolute Gasteiger partial charge is 0.347 e. The van der Waals surface area contributed by atoms with E-state index in [-0.39, 0.29) is 22.7 Å². The molecule has 3 aromatic rings. The highest BCUT2D eigenvalue weighted by molar-refractivity contribution is 6.34. The van der Waals surface area contributed by atoms with Gasteiger partial charge in [-0.25, -0.2) is 9.69 Å². The number of imide groups is 1. The average molecular weight is 373 g/mol. The molecular weight excluding hydrogens is 358 g/mol. The predicted molar refractivity (Wildman–Crippen MR) is 102 cm³/mol. The maximum atomic E-state index is 12.7. The number of hydrogen-bond acceptors (Lipinski definition) is 5. The number of carbonyl (C=O) groups is 3. The Hall–Kier alpha value is -3.93. The summed E-state index contributed by atoms with van der Waals surface area (Å²) in [4.78, 5) is 39.0. The maximum Gasteiger partial charge on any atom is 0.347 e. The number of nitrogens with zero attached hydrogens (tertiary/aromatic N) is 1. The number of fused-ring (bicyclic) bond motifs is 1. The highest BCUT2D eigenvalue weighted by atomic mass is 16.5. The van der Waals surface area contributed by atoms with Gasteiger partial charge in [-0.2, -0.15) is 0 Å². The van der Waals surface area contributed by atoms with Crippen molar-refractivity contribution in [2.24, 2.45) is 0 Å². The van der Waals surface area contributed by atoms with E-state index in [1.165, 1.54) is 18.2 Å². The van der Waals surface area contributed by atoms with Crippen LogP contribution in [-0.4, -0.2) is 22.9 Å². The number of amides is 2. The second-order valence-electron chi connectivity index (χ2n) is 6.32. The zero-order valence-corrected chi connectivity index (χ0v) is 14.9. The SMILES string of the molecule is Cc1cccc(C(=O)Oc2ccccc2N2C(=O)c3ccccc3C2=O)c1O. The van der Waals surface area contributed by atoms with Crippen molar-refractivity contribution < 1.29 is 24.2 Å². The van der Waals surface area contributed by atoms with Gasteiger partial charge < -0.3 is 9.84 Å². The van der Waals surface area contributed by atoms with E-state index in [9.17, 15) is 19.5 Å². The normalized spacial score (nSPS) is 12.8. The minimum absolute atomic E-state index is 0.00263. The molecule has 0 aliphatic carbocycles. The number of carbonyl (C=O) groups excluding carboxylic acids is 3. The van der Waals surface area contributed by atoms with Gasteiger partial charge in [0.2, 0.25) is 0 Å². The largest absolute Gasteiger partial charge is 0.507 e. The summed E-state index contributed by atoms with van der Waals surface area (Å²) >= 11 is 0. The predicted octanol–water partition coefficient (Wildman–Crippen LogP) is 3.72. The van der Waals surface area contributed by atoms with E-state index in [0.29, 0.717) is 16.7 Å². The van der Waals surface area contributed by atoms with E-state index in [2.05, 4.69) is 0 Å². The third-order valence-corrected chi connectivity index (χ3v) is 4.56. The average Bonchev–Trinajstić information content (AvgIpc) is 2.95. The highest BCUT2D eigenvalue weighted by Crippen LogP contribution is 2.35. The third-order valence-electron chi connectivity index (χ3n) is 4.56. The summed E-state index contributed by atoms with van der Waals surface area (Å²) in [6.07, 6.45) is 0. The van der Waals surface area contributed by atoms with Crippen LogP contribution in [0.5, 0.6) is 11.5 Å². The second-order valence-corrected chi connectivity index (χ2v) is 6.32. The van der Waals surface area contributed by atoms with Crippen molar-refractivity contribution in [3.8, 4) is 11.5 Å². The first-order chi connectivity index (χ1) is 13.5. The first-order valence-corrected chi connectivity index (χ1v) is 8.56. The molecule has 0 saturated heterocycles. The van der Waals surface area contributed by atoms with E-state index in [4.69, 9.17) is 4.74 Å². The van der Waals surface area contributed by atoms with E-state index < -0.39 is 17.8 Å². The summed E-state index contributed by atoms with van der Waals surface area (Å²) in [5, 5.41) is 10.1. The molecule has 0 atom stereocenters. The molecule has 6 nitrogen and oxygen atoms in total. The zero-order chi connectivity index (χ0) is 19.8. The van der Waals surface area contributed by atoms with Crippen LogP contribution in [0.2, 0.25) is 0 Å². The Morgan fingerprint density at radius 1 is 0.857 bits per heavy atom. The van der Waals surface area contributed by atoms with Crippen molar-refractivity contribution in [2.45, 2.75) is 6.92 Å². The topological polar surface area (TPSA) is 83.9 Å². The van der Waals surface area contributed by atoms with Gasteiger partial charge >= 0.3 is 5.97 Å². The molecule has 1 aliphatic rings. The summed E-state index contributed by atoms with van der Waals surface area (Å²) in [6, 6.07) is 17.5. The van der Waals surface area contributed by atoms with Crippen molar-refractivity contribution in [3.63, 3.8) is 0 Å². The lowest BCUT2D eigenvalue weighted by molar-refractivity contribution is 0.0728. The van der Waals surface area contributed by atoms with Crippen LogP contribution in [0.1, 0.15) is 36.6 Å². The van der Waals surface area contributed by atoms with E-state index in [1.54, 1.807) is 55.5 Å². The highest BCUT2D eigenvalue weighted by Gasteiger charge is 2.38. The summed E-state index contributed by atoms with van der Waals surface area (Å²) in [5.74, 6) is -1.89. The molecule has 2 amide bonds. The third kappa shape index (κ3) is 2.72. The first-order valence-electron chi connectivity index (χ1n) is 8.56. The van der Waals surface area contributed by atoms with Gasteiger partial charge in [0.25, 0.3) is 11.8 Å². The molecule has 6 heteroatoms. The van der Waals surface area contributed by atoms with Crippen molar-refractivity contribution >= 4 is 23.5 Å². The fourth-order valence-corrected chi connectivity index (χ4v) is 3.11. The molecule has 0 spiro atoms. The second kappa shape index (κ2) is 6.66. The Morgan fingerprint density at radius 3 is 2.14 bits per heavy atom. The summed E-state index contributed by atoms with van der Waals surface area (Å²) in [5.41, 5.74) is 1.28. The molecule has 0 bridgehead atoms. The van der Waals surface area contributed by atoms with Crippen LogP contribution in [0.15, 0.2) is 66.7 Å². The summed E-state index contributed by atoms with van der Waals surface area (Å²) < 4.78 is 5.43. The lowest BCUT2D eigenvalue weighted by Gasteiger charge is -2.18. The van der Waals surface area contributed by atoms with Crippen LogP contribution in [0.3, 0.4) is 0 Å². The fraction of sp³-hybridized carbons (Fsp3) is 0.0455. The van der Waals surface area contributed by atoms with Crippen LogP contribution >= 0.6 is 0 Å². The van der Waals surface area contributed by atoms with Gasteiger partial charge in [-0.05, 0) is 42.8 Å². The molecule has 0 aromatic heterocycles. The van der Waals surface area contributed by atoms with Crippen LogP contribution in [0, 0.1) is 6.92 Å². The van der Waals surface area contributed by atoms with Gasteiger partial charge in [0, 0.05) is 0 Å². The van der Waals surface area contributed by atoms with Crippen LogP contribution in [-0.2, 0) is 0 Å². The minimum atomic E-state index is -0.787. The number of phenolic OH excluding ortho intramolecular Hbond substituents is 1. The van der Waals surface area contributed by atoms with Crippen LogP contribution in [0.4, 0.5) is 5.69 Å². The number of rotatable bonds is 3. The lowest BCUT2D eigenvalue weighted by atomic mass is 10.1. The number of esters is 1. The van der Waals surface area contributed by atoms with Gasteiger partial charge in [-0.15, -0.1) is 0 Å². The molecule has 0 saturated carbocycles. The Bertz CT molecular complexity index is 1100. The molecule has 28 heavy (non-hydrogen) atoms. The molecule has 1 aliphatic heterocycles. The summed E-state index contributed by atoms with van der Waals surface area (Å²) in [7, 11) is 0. The first kappa shape index (κ1) is 17.5. The van der Waals surface area contributed by atoms with E-state index >= 15 is 0 Å². The molecule has 4 rings (SSSR count). The molecule has 1 heterocycles. The van der Waals surface area contributed by atoms with Gasteiger partial charge in [0.1, 0.15) is 11.3 Å². The number of anilines is 1. The van der Waals surface area contributed by atoms with E-state index in [1.807, 2.05) is 0 Å². The Balaban J connectivity index is 1.71. The Morgan fingerprint density at radius 2 is 1.46 bits per heavy atom. The number of ether oxygens (including phenoxy) is 1. The Kier molecular flexibility index (Phi) is 4.16. The van der Waals surface area contributed by atoms with Gasteiger partial charge in [0.15, 0.2) is 5.75 Å². The minimum Gasteiger partial charge on any atom is -0.507 e. The molecule has 138 valence electrons. The van der Waals surface area contributed by atoms with Gasteiger partial charge in [-0.3, -0.25) is 9.59 Å². The standard InChI is InChI=1S/C22H15NO5/c1-13-7-6-10-16(19(13)24)22(27)28-18-12-5-4-11-17(18)23-20(25)14-8-2-3-9-15(14)21(23)26/h2-12,24H,1H3. The zero-order valence-electron chi connectivity index (χ0n) is 14.9. The van der Waals surface area contributed by atoms with Gasteiger partial charge in [-0.1, -0.05) is 36.4 Å². The molecule has 1 N–H and O–H groups in total. The quantitative estimate of drug-likeness (QED) is 0.430. The fourth-order valence-electron chi connectivity index (χ4n) is 3.11. The molecule has 0 radical (unpaired) electrons. The van der Waals surface area contributed by atoms with Crippen molar-refractivity contribution in [3.05, 3.63) is 89.0 Å². The number of benzene rings is 3. The maximum absolute atomic E-state index is 12.7. The lowest BCUT2D eigenvalue weighted by Crippen LogP contribution is -2.30. The molecule has 0 fully saturated rings. The monoisotopic (exact) mass is 373 g/mol.